The van der Waals surface area contributed by atoms with E-state index in [1.165, 1.54) is 11.6 Å². The maximum atomic E-state index is 13.5. The third-order valence-electron chi connectivity index (χ3n) is 3.94. The minimum atomic E-state index is -0.810. The molecule has 1 amide bonds. The van der Waals surface area contributed by atoms with E-state index in [4.69, 9.17) is 4.74 Å². The predicted octanol–water partition coefficient (Wildman–Crippen LogP) is 3.86. The summed E-state index contributed by atoms with van der Waals surface area (Å²) in [7, 11) is 0. The Balaban J connectivity index is 1.66. The van der Waals surface area contributed by atoms with Crippen LogP contribution in [0.3, 0.4) is 0 Å². The summed E-state index contributed by atoms with van der Waals surface area (Å²) < 4.78 is 32.6. The number of amides is 1. The molecule has 0 spiro atoms. The van der Waals surface area contributed by atoms with Gasteiger partial charge in [0.2, 0.25) is 0 Å². The number of carbonyl (C=O) groups excluding carboxylic acids is 1. The highest BCUT2D eigenvalue weighted by Gasteiger charge is 2.16. The van der Waals surface area contributed by atoms with Crippen LogP contribution in [0.5, 0.6) is 5.75 Å². The standard InChI is InChI=1S/C18H17F2NO2/c19-14-8-4-9-15(20)18(14)21-17(22)11-23-16-10-3-6-12-5-1-2-7-13(12)16/h3-4,6,8-10H,1-2,5,7,11H2,(H,21,22). The van der Waals surface area contributed by atoms with Crippen LogP contribution in [-0.4, -0.2) is 12.5 Å². The quantitative estimate of drug-likeness (QED) is 0.930. The summed E-state index contributed by atoms with van der Waals surface area (Å²) in [4.78, 5) is 11.9. The molecule has 0 saturated carbocycles. The van der Waals surface area contributed by atoms with Gasteiger partial charge in [-0.1, -0.05) is 18.2 Å². The van der Waals surface area contributed by atoms with E-state index >= 15 is 0 Å². The first kappa shape index (κ1) is 15.5. The van der Waals surface area contributed by atoms with Crippen molar-refractivity contribution < 1.29 is 18.3 Å². The van der Waals surface area contributed by atoms with Gasteiger partial charge in [0.15, 0.2) is 6.61 Å². The van der Waals surface area contributed by atoms with Gasteiger partial charge in [0.1, 0.15) is 23.1 Å². The lowest BCUT2D eigenvalue weighted by Gasteiger charge is -2.19. The lowest BCUT2D eigenvalue weighted by molar-refractivity contribution is -0.118. The number of halogens is 2. The first-order valence-corrected chi connectivity index (χ1v) is 7.62. The monoisotopic (exact) mass is 317 g/mol. The van der Waals surface area contributed by atoms with Crippen molar-refractivity contribution in [3.63, 3.8) is 0 Å². The van der Waals surface area contributed by atoms with Crippen LogP contribution >= 0.6 is 0 Å². The number of aryl methyl sites for hydroxylation is 1. The molecule has 23 heavy (non-hydrogen) atoms. The normalized spacial score (nSPS) is 13.3. The number of para-hydroxylation sites is 1. The highest BCUT2D eigenvalue weighted by atomic mass is 19.1. The van der Waals surface area contributed by atoms with Crippen molar-refractivity contribution in [2.24, 2.45) is 0 Å². The number of fused-ring (bicyclic) bond motifs is 1. The Hall–Kier alpha value is -2.43. The van der Waals surface area contributed by atoms with Gasteiger partial charge >= 0.3 is 0 Å². The van der Waals surface area contributed by atoms with Crippen molar-refractivity contribution in [1.29, 1.82) is 0 Å². The fourth-order valence-corrected chi connectivity index (χ4v) is 2.82. The molecule has 1 aliphatic carbocycles. The zero-order chi connectivity index (χ0) is 16.2. The summed E-state index contributed by atoms with van der Waals surface area (Å²) in [5.41, 5.74) is 1.93. The first-order valence-electron chi connectivity index (χ1n) is 7.62. The lowest BCUT2D eigenvalue weighted by atomic mass is 9.91. The summed E-state index contributed by atoms with van der Waals surface area (Å²) >= 11 is 0. The zero-order valence-corrected chi connectivity index (χ0v) is 12.6. The van der Waals surface area contributed by atoms with Gasteiger partial charge in [-0.15, -0.1) is 0 Å². The number of ether oxygens (including phenoxy) is 1. The predicted molar refractivity (Wildman–Crippen MR) is 83.6 cm³/mol. The van der Waals surface area contributed by atoms with E-state index in [9.17, 15) is 13.6 Å². The number of carbonyl (C=O) groups is 1. The zero-order valence-electron chi connectivity index (χ0n) is 12.6. The summed E-state index contributed by atoms with van der Waals surface area (Å²) in [6.45, 7) is -0.287. The smallest absolute Gasteiger partial charge is 0.262 e. The molecule has 0 heterocycles. The molecule has 0 radical (unpaired) electrons. The van der Waals surface area contributed by atoms with Crippen LogP contribution in [0, 0.1) is 11.6 Å². The van der Waals surface area contributed by atoms with Crippen molar-refractivity contribution in [1.82, 2.24) is 0 Å². The fourth-order valence-electron chi connectivity index (χ4n) is 2.82. The Kier molecular flexibility index (Phi) is 4.55. The molecule has 0 aliphatic heterocycles. The summed E-state index contributed by atoms with van der Waals surface area (Å²) in [5.74, 6) is -1.54. The number of benzene rings is 2. The van der Waals surface area contributed by atoms with Crippen LogP contribution in [0.4, 0.5) is 14.5 Å². The van der Waals surface area contributed by atoms with Crippen molar-refractivity contribution in [2.45, 2.75) is 25.7 Å². The highest BCUT2D eigenvalue weighted by Crippen LogP contribution is 2.29. The molecule has 1 N–H and O–H groups in total. The van der Waals surface area contributed by atoms with Gasteiger partial charge in [-0.2, -0.15) is 0 Å². The van der Waals surface area contributed by atoms with Crippen LogP contribution < -0.4 is 10.1 Å². The van der Waals surface area contributed by atoms with Crippen molar-refractivity contribution in [3.05, 3.63) is 59.2 Å². The number of anilines is 1. The Labute approximate surface area is 133 Å². The molecular weight excluding hydrogens is 300 g/mol. The minimum absolute atomic E-state index is 0.287. The summed E-state index contributed by atoms with van der Waals surface area (Å²) in [6.07, 6.45) is 4.19. The molecule has 0 fully saturated rings. The Morgan fingerprint density at radius 3 is 2.52 bits per heavy atom. The van der Waals surface area contributed by atoms with Gasteiger partial charge in [0, 0.05) is 0 Å². The van der Waals surface area contributed by atoms with Gasteiger partial charge in [-0.3, -0.25) is 4.79 Å². The lowest BCUT2D eigenvalue weighted by Crippen LogP contribution is -2.22. The van der Waals surface area contributed by atoms with Gasteiger partial charge in [0.05, 0.1) is 0 Å². The number of rotatable bonds is 4. The van der Waals surface area contributed by atoms with E-state index in [2.05, 4.69) is 11.4 Å². The first-order chi connectivity index (χ1) is 11.1. The molecule has 0 unspecified atom stereocenters. The number of nitrogens with one attached hydrogen (secondary N) is 1. The third kappa shape index (κ3) is 3.50. The van der Waals surface area contributed by atoms with Crippen molar-refractivity contribution in [3.8, 4) is 5.75 Å². The van der Waals surface area contributed by atoms with Crippen LogP contribution in [0.2, 0.25) is 0 Å². The third-order valence-corrected chi connectivity index (χ3v) is 3.94. The van der Waals surface area contributed by atoms with Gasteiger partial charge < -0.3 is 10.1 Å². The second-order valence-corrected chi connectivity index (χ2v) is 5.53. The summed E-state index contributed by atoms with van der Waals surface area (Å²) in [6, 6.07) is 9.21. The van der Waals surface area contributed by atoms with E-state index in [0.29, 0.717) is 5.75 Å². The average Bonchev–Trinajstić information content (AvgIpc) is 2.56. The SMILES string of the molecule is O=C(COc1cccc2c1CCCC2)Nc1c(F)cccc1F. The second kappa shape index (κ2) is 6.77. The highest BCUT2D eigenvalue weighted by molar-refractivity contribution is 5.92. The fraction of sp³-hybridized carbons (Fsp3) is 0.278. The van der Waals surface area contributed by atoms with Crippen LogP contribution in [0.1, 0.15) is 24.0 Å². The largest absolute Gasteiger partial charge is 0.483 e. The van der Waals surface area contributed by atoms with Gasteiger partial charge in [-0.05, 0) is 55.0 Å². The Morgan fingerprint density at radius 2 is 1.74 bits per heavy atom. The van der Waals surface area contributed by atoms with E-state index in [-0.39, 0.29) is 6.61 Å². The molecule has 0 bridgehead atoms. The van der Waals surface area contributed by atoms with E-state index < -0.39 is 23.2 Å². The Bertz CT molecular complexity index is 711. The maximum absolute atomic E-state index is 13.5. The molecule has 1 aliphatic rings. The van der Waals surface area contributed by atoms with E-state index in [1.807, 2.05) is 12.1 Å². The second-order valence-electron chi connectivity index (χ2n) is 5.53. The molecule has 3 nitrogen and oxygen atoms in total. The molecular formula is C18H17F2NO2. The number of hydrogen-bond donors (Lipinski definition) is 1. The van der Waals surface area contributed by atoms with Gasteiger partial charge in [0.25, 0.3) is 5.91 Å². The van der Waals surface area contributed by atoms with E-state index in [0.717, 1.165) is 43.4 Å². The molecule has 0 saturated heterocycles. The van der Waals surface area contributed by atoms with Crippen LogP contribution in [0.15, 0.2) is 36.4 Å². The van der Waals surface area contributed by atoms with Crippen molar-refractivity contribution in [2.75, 3.05) is 11.9 Å². The topological polar surface area (TPSA) is 38.3 Å². The molecule has 2 aromatic carbocycles. The molecule has 3 rings (SSSR count). The van der Waals surface area contributed by atoms with Gasteiger partial charge in [-0.25, -0.2) is 8.78 Å². The molecule has 0 aromatic heterocycles. The van der Waals surface area contributed by atoms with Crippen LogP contribution in [-0.2, 0) is 17.6 Å². The molecule has 0 atom stereocenters. The Morgan fingerprint density at radius 1 is 1.04 bits per heavy atom. The van der Waals surface area contributed by atoms with Crippen molar-refractivity contribution >= 4 is 11.6 Å². The average molecular weight is 317 g/mol. The molecule has 2 aromatic rings. The summed E-state index contributed by atoms with van der Waals surface area (Å²) in [5, 5.41) is 2.21. The molecule has 120 valence electrons. The van der Waals surface area contributed by atoms with Crippen LogP contribution in [0.25, 0.3) is 0 Å². The van der Waals surface area contributed by atoms with E-state index in [1.54, 1.807) is 0 Å². The molecule has 5 heteroatoms. The maximum Gasteiger partial charge on any atom is 0.262 e. The number of hydrogen-bond acceptors (Lipinski definition) is 2. The minimum Gasteiger partial charge on any atom is -0.483 e.